The van der Waals surface area contributed by atoms with E-state index in [1.165, 1.54) is 0 Å². The summed E-state index contributed by atoms with van der Waals surface area (Å²) in [6.45, 7) is 0. The van der Waals surface area contributed by atoms with Crippen molar-refractivity contribution in [3.05, 3.63) is 0 Å². The van der Waals surface area contributed by atoms with Crippen LogP contribution in [0.5, 0.6) is 0 Å². The molecule has 0 aromatic rings. The zero-order valence-corrected chi connectivity index (χ0v) is 7.59. The van der Waals surface area contributed by atoms with E-state index in [1.807, 2.05) is 0 Å². The molecule has 0 unspecified atom stereocenters. The van der Waals surface area contributed by atoms with E-state index in [0.717, 1.165) is 0 Å². The number of hydrogen-bond donors (Lipinski definition) is 0. The van der Waals surface area contributed by atoms with Gasteiger partial charge in [0.2, 0.25) is 0 Å². The van der Waals surface area contributed by atoms with E-state index >= 15 is 0 Å². The first kappa shape index (κ1) is 35.9. The van der Waals surface area contributed by atoms with Crippen LogP contribution in [0.15, 0.2) is 0 Å². The summed E-state index contributed by atoms with van der Waals surface area (Å²) in [7, 11) is 0. The molecule has 0 aliphatic heterocycles. The van der Waals surface area contributed by atoms with Gasteiger partial charge in [0, 0.05) is 69.0 Å². The standard InChI is InChI=1S/3Ni.Zn. The van der Waals surface area contributed by atoms with Crippen molar-refractivity contribution in [2.45, 2.75) is 0 Å². The molecule has 0 aromatic heterocycles. The average molecular weight is 241 g/mol. The van der Waals surface area contributed by atoms with E-state index in [4.69, 9.17) is 0 Å². The predicted molar refractivity (Wildman–Crippen MR) is 0 cm³/mol. The maximum Gasteiger partial charge on any atom is 0 e. The van der Waals surface area contributed by atoms with Crippen LogP contribution in [0, 0.1) is 0 Å². The molecule has 0 aliphatic rings. The molecule has 0 saturated carbocycles. The second kappa shape index (κ2) is 19.4. The minimum Gasteiger partial charge on any atom is 0 e. The van der Waals surface area contributed by atoms with Crippen molar-refractivity contribution in [1.29, 1.82) is 0 Å². The van der Waals surface area contributed by atoms with Gasteiger partial charge in [-0.25, -0.2) is 0 Å². The van der Waals surface area contributed by atoms with E-state index in [-0.39, 0.29) is 69.0 Å². The Morgan fingerprint density at radius 2 is 0.500 bits per heavy atom. The van der Waals surface area contributed by atoms with Crippen LogP contribution in [0.4, 0.5) is 0 Å². The quantitative estimate of drug-likeness (QED) is 0.524. The number of rotatable bonds is 0. The van der Waals surface area contributed by atoms with Crippen molar-refractivity contribution in [3.8, 4) is 0 Å². The minimum absolute atomic E-state index is 0. The van der Waals surface area contributed by atoms with Gasteiger partial charge in [-0.15, -0.1) is 0 Å². The molecule has 0 amide bonds. The third-order valence-corrected chi connectivity index (χ3v) is 0. The van der Waals surface area contributed by atoms with Gasteiger partial charge >= 0.3 is 0 Å². The zero-order chi connectivity index (χ0) is 0. The van der Waals surface area contributed by atoms with Crippen molar-refractivity contribution < 1.29 is 69.0 Å². The number of hydrogen-bond acceptors (Lipinski definition) is 0. The molecule has 32 valence electrons. The van der Waals surface area contributed by atoms with Crippen molar-refractivity contribution in [3.63, 3.8) is 0 Å². The third kappa shape index (κ3) is 8.93. The summed E-state index contributed by atoms with van der Waals surface area (Å²) < 4.78 is 0. The molecular formula is Ni3Zn. The predicted octanol–water partition coefficient (Wildman–Crippen LogP) is -0.0100. The minimum atomic E-state index is 0. The van der Waals surface area contributed by atoms with Gasteiger partial charge in [0.1, 0.15) is 0 Å². The van der Waals surface area contributed by atoms with E-state index in [1.54, 1.807) is 0 Å². The van der Waals surface area contributed by atoms with Gasteiger partial charge in [0.05, 0.1) is 0 Å². The van der Waals surface area contributed by atoms with E-state index in [9.17, 15) is 0 Å². The molecule has 0 rings (SSSR count). The molecule has 0 bridgehead atoms. The second-order valence-corrected chi connectivity index (χ2v) is 0. The zero-order valence-electron chi connectivity index (χ0n) is 1.66. The monoisotopic (exact) mass is 238 g/mol. The topological polar surface area (TPSA) is 0 Å². The van der Waals surface area contributed by atoms with Crippen LogP contribution in [0.1, 0.15) is 0 Å². The van der Waals surface area contributed by atoms with Gasteiger partial charge in [-0.2, -0.15) is 0 Å². The Bertz CT molecular complexity index is 3.25. The second-order valence-electron chi connectivity index (χ2n) is 0. The Labute approximate surface area is 68.4 Å². The van der Waals surface area contributed by atoms with Gasteiger partial charge in [-0.05, 0) is 0 Å². The molecule has 0 saturated heterocycles. The molecule has 0 N–H and O–H groups in total. The summed E-state index contributed by atoms with van der Waals surface area (Å²) >= 11 is 0. The molecular weight excluding hydrogens is 241 g/mol. The van der Waals surface area contributed by atoms with Crippen LogP contribution in [-0.2, 0) is 69.0 Å². The average Bonchev–Trinajstić information content (AvgIpc) is 0. The summed E-state index contributed by atoms with van der Waals surface area (Å²) in [6, 6.07) is 0. The Kier molecular flexibility index (Phi) is 174. The third-order valence-electron chi connectivity index (χ3n) is 0. The first-order valence-electron chi connectivity index (χ1n) is 0. The summed E-state index contributed by atoms with van der Waals surface area (Å²) in [6.07, 6.45) is 0. The molecule has 0 aliphatic carbocycles. The van der Waals surface area contributed by atoms with E-state index in [2.05, 4.69) is 0 Å². The van der Waals surface area contributed by atoms with E-state index in [0.29, 0.717) is 0 Å². The fraction of sp³-hybridized carbons (Fsp3) is 0. The molecule has 0 radical (unpaired) electrons. The van der Waals surface area contributed by atoms with Crippen molar-refractivity contribution in [1.82, 2.24) is 0 Å². The van der Waals surface area contributed by atoms with Crippen LogP contribution in [0.25, 0.3) is 0 Å². The van der Waals surface area contributed by atoms with Gasteiger partial charge in [-0.3, -0.25) is 0 Å². The van der Waals surface area contributed by atoms with Crippen LogP contribution in [0.3, 0.4) is 0 Å². The summed E-state index contributed by atoms with van der Waals surface area (Å²) in [5, 5.41) is 0. The van der Waals surface area contributed by atoms with Gasteiger partial charge in [0.25, 0.3) is 0 Å². The summed E-state index contributed by atoms with van der Waals surface area (Å²) in [5.41, 5.74) is 0. The van der Waals surface area contributed by atoms with Crippen molar-refractivity contribution in [2.75, 3.05) is 0 Å². The first-order chi connectivity index (χ1) is 0. The Morgan fingerprint density at radius 3 is 0.500 bits per heavy atom. The van der Waals surface area contributed by atoms with Gasteiger partial charge < -0.3 is 0 Å². The Balaban J connectivity index is 0. The first-order valence-corrected chi connectivity index (χ1v) is 0. The Hall–Kier alpha value is 2.10. The molecule has 0 atom stereocenters. The van der Waals surface area contributed by atoms with Crippen LogP contribution in [-0.4, -0.2) is 0 Å². The molecule has 0 heterocycles. The summed E-state index contributed by atoms with van der Waals surface area (Å²) in [5.74, 6) is 0. The fourth-order valence-corrected chi connectivity index (χ4v) is 0. The van der Waals surface area contributed by atoms with Crippen molar-refractivity contribution in [2.24, 2.45) is 0 Å². The fourth-order valence-electron chi connectivity index (χ4n) is 0. The molecule has 4 heavy (non-hydrogen) atoms. The maximum atomic E-state index is 0. The van der Waals surface area contributed by atoms with Gasteiger partial charge in [0.15, 0.2) is 0 Å². The van der Waals surface area contributed by atoms with E-state index < -0.39 is 0 Å². The van der Waals surface area contributed by atoms with Crippen molar-refractivity contribution >= 4 is 0 Å². The normalized spacial score (nSPS) is 0. The van der Waals surface area contributed by atoms with Crippen LogP contribution in [0.2, 0.25) is 0 Å². The van der Waals surface area contributed by atoms with Crippen LogP contribution >= 0.6 is 0 Å². The summed E-state index contributed by atoms with van der Waals surface area (Å²) in [4.78, 5) is 0. The maximum absolute atomic E-state index is 0. The molecule has 0 fully saturated rings. The molecule has 0 aromatic carbocycles. The SMILES string of the molecule is [Ni].[Ni].[Ni].[Zn]. The molecule has 4 heteroatoms. The molecule has 0 spiro atoms. The smallest absolute Gasteiger partial charge is 0 e. The van der Waals surface area contributed by atoms with Crippen LogP contribution < -0.4 is 0 Å². The Morgan fingerprint density at radius 1 is 0.500 bits per heavy atom. The molecule has 0 nitrogen and oxygen atoms in total. The van der Waals surface area contributed by atoms with Gasteiger partial charge in [-0.1, -0.05) is 0 Å². The largest absolute Gasteiger partial charge is 0 e.